The number of pyridine rings is 1. The highest BCUT2D eigenvalue weighted by Crippen LogP contribution is 2.07. The molecule has 0 aliphatic heterocycles. The molecular formula is C11H16N6O2S. The van der Waals surface area contributed by atoms with E-state index in [1.54, 1.807) is 6.07 Å². The number of sulfonamides is 1. The van der Waals surface area contributed by atoms with Crippen LogP contribution in [0.5, 0.6) is 0 Å². The highest BCUT2D eigenvalue weighted by molar-refractivity contribution is 7.89. The van der Waals surface area contributed by atoms with Gasteiger partial charge in [0, 0.05) is 25.7 Å². The summed E-state index contributed by atoms with van der Waals surface area (Å²) in [7, 11) is -3.53. The van der Waals surface area contributed by atoms with E-state index in [0.29, 0.717) is 25.1 Å². The van der Waals surface area contributed by atoms with Gasteiger partial charge >= 0.3 is 0 Å². The lowest BCUT2D eigenvalue weighted by Crippen LogP contribution is -2.25. The number of nitrogens with two attached hydrogens (primary N) is 1. The van der Waals surface area contributed by atoms with Crippen LogP contribution in [0.1, 0.15) is 17.9 Å². The molecule has 0 aliphatic carbocycles. The standard InChI is InChI=1S/C11H16N6O2S/c12-6-9-3-4-10(7-13-9)20(18,19)16-5-1-2-11-14-8-15-17-11/h3-4,7-8,16H,1-2,5-6,12H2,(H,14,15,17). The first-order valence-corrected chi connectivity index (χ1v) is 7.59. The van der Waals surface area contributed by atoms with E-state index in [2.05, 4.69) is 24.9 Å². The summed E-state index contributed by atoms with van der Waals surface area (Å²) in [5, 5.41) is 6.44. The Morgan fingerprint density at radius 3 is 2.75 bits per heavy atom. The Hall–Kier alpha value is -1.84. The van der Waals surface area contributed by atoms with Crippen molar-refractivity contribution in [3.63, 3.8) is 0 Å². The highest BCUT2D eigenvalue weighted by atomic mass is 32.2. The van der Waals surface area contributed by atoms with Crippen molar-refractivity contribution in [2.75, 3.05) is 6.54 Å². The van der Waals surface area contributed by atoms with Crippen molar-refractivity contribution in [2.45, 2.75) is 24.3 Å². The molecule has 0 saturated carbocycles. The summed E-state index contributed by atoms with van der Waals surface area (Å²) in [6, 6.07) is 3.09. The van der Waals surface area contributed by atoms with Gasteiger partial charge < -0.3 is 5.73 Å². The second-order valence-electron chi connectivity index (χ2n) is 4.12. The van der Waals surface area contributed by atoms with E-state index in [1.165, 1.54) is 18.6 Å². The van der Waals surface area contributed by atoms with Crippen LogP contribution >= 0.6 is 0 Å². The van der Waals surface area contributed by atoms with Gasteiger partial charge in [-0.3, -0.25) is 10.1 Å². The van der Waals surface area contributed by atoms with Crippen LogP contribution in [-0.4, -0.2) is 35.1 Å². The fraction of sp³-hybridized carbons (Fsp3) is 0.364. The quantitative estimate of drug-likeness (QED) is 0.595. The first-order valence-electron chi connectivity index (χ1n) is 6.11. The summed E-state index contributed by atoms with van der Waals surface area (Å²) >= 11 is 0. The van der Waals surface area contributed by atoms with Crippen LogP contribution in [0.3, 0.4) is 0 Å². The van der Waals surface area contributed by atoms with E-state index in [9.17, 15) is 8.42 Å². The van der Waals surface area contributed by atoms with Crippen molar-refractivity contribution in [3.8, 4) is 0 Å². The van der Waals surface area contributed by atoms with E-state index >= 15 is 0 Å². The number of hydrogen-bond donors (Lipinski definition) is 3. The number of aromatic nitrogens is 4. The maximum absolute atomic E-state index is 12.0. The van der Waals surface area contributed by atoms with Gasteiger partial charge in [0.25, 0.3) is 0 Å². The topological polar surface area (TPSA) is 127 Å². The SMILES string of the molecule is NCc1ccc(S(=O)(=O)NCCCc2ncn[nH]2)cn1. The Balaban J connectivity index is 1.86. The molecular weight excluding hydrogens is 280 g/mol. The molecule has 0 radical (unpaired) electrons. The summed E-state index contributed by atoms with van der Waals surface area (Å²) in [6.45, 7) is 0.604. The Kier molecular flexibility index (Phi) is 4.77. The molecule has 0 aliphatic rings. The lowest BCUT2D eigenvalue weighted by molar-refractivity contribution is 0.577. The zero-order valence-corrected chi connectivity index (χ0v) is 11.6. The van der Waals surface area contributed by atoms with Crippen molar-refractivity contribution in [1.82, 2.24) is 24.9 Å². The number of nitrogens with zero attached hydrogens (tertiary/aromatic N) is 3. The summed E-state index contributed by atoms with van der Waals surface area (Å²) in [5.41, 5.74) is 6.06. The summed E-state index contributed by atoms with van der Waals surface area (Å²) in [5.74, 6) is 0.734. The Bertz CT molecular complexity index is 623. The molecule has 0 atom stereocenters. The van der Waals surface area contributed by atoms with Gasteiger partial charge in [-0.15, -0.1) is 0 Å². The summed E-state index contributed by atoms with van der Waals surface area (Å²) < 4.78 is 26.5. The number of nitrogens with one attached hydrogen (secondary N) is 2. The van der Waals surface area contributed by atoms with Crippen LogP contribution in [-0.2, 0) is 23.0 Å². The molecule has 2 heterocycles. The van der Waals surface area contributed by atoms with Gasteiger partial charge in [-0.25, -0.2) is 18.1 Å². The third-order valence-corrected chi connectivity index (χ3v) is 4.11. The fourth-order valence-electron chi connectivity index (χ4n) is 1.59. The Morgan fingerprint density at radius 1 is 1.30 bits per heavy atom. The molecule has 0 aromatic carbocycles. The van der Waals surface area contributed by atoms with Crippen LogP contribution in [0.25, 0.3) is 0 Å². The number of rotatable bonds is 7. The minimum atomic E-state index is -3.53. The molecule has 0 bridgehead atoms. The van der Waals surface area contributed by atoms with Crippen LogP contribution in [0, 0.1) is 0 Å². The highest BCUT2D eigenvalue weighted by Gasteiger charge is 2.13. The molecule has 20 heavy (non-hydrogen) atoms. The van der Waals surface area contributed by atoms with Crippen molar-refractivity contribution in [2.24, 2.45) is 5.73 Å². The lowest BCUT2D eigenvalue weighted by atomic mass is 10.3. The van der Waals surface area contributed by atoms with Gasteiger partial charge in [-0.1, -0.05) is 0 Å². The predicted octanol–water partition coefficient (Wildman–Crippen LogP) is -0.430. The maximum atomic E-state index is 12.0. The van der Waals surface area contributed by atoms with Gasteiger partial charge in [0.2, 0.25) is 10.0 Å². The largest absolute Gasteiger partial charge is 0.325 e. The number of hydrogen-bond acceptors (Lipinski definition) is 6. The van der Waals surface area contributed by atoms with Crippen LogP contribution in [0.4, 0.5) is 0 Å². The number of H-pyrrole nitrogens is 1. The predicted molar refractivity (Wildman–Crippen MR) is 72.0 cm³/mol. The van der Waals surface area contributed by atoms with E-state index in [1.807, 2.05) is 0 Å². The smallest absolute Gasteiger partial charge is 0.242 e. The van der Waals surface area contributed by atoms with Crippen LogP contribution in [0.2, 0.25) is 0 Å². The zero-order chi connectivity index (χ0) is 14.4. The minimum absolute atomic E-state index is 0.134. The van der Waals surface area contributed by atoms with Gasteiger partial charge in [-0.2, -0.15) is 5.10 Å². The summed E-state index contributed by atoms with van der Waals surface area (Å²) in [4.78, 5) is 8.06. The Labute approximate surface area is 116 Å². The second-order valence-corrected chi connectivity index (χ2v) is 5.89. The van der Waals surface area contributed by atoms with Crippen molar-refractivity contribution in [1.29, 1.82) is 0 Å². The minimum Gasteiger partial charge on any atom is -0.325 e. The van der Waals surface area contributed by atoms with Crippen molar-refractivity contribution >= 4 is 10.0 Å². The monoisotopic (exact) mass is 296 g/mol. The van der Waals surface area contributed by atoms with Gasteiger partial charge in [0.1, 0.15) is 17.0 Å². The molecule has 0 saturated heterocycles. The number of aryl methyl sites for hydroxylation is 1. The lowest BCUT2D eigenvalue weighted by Gasteiger charge is -2.06. The van der Waals surface area contributed by atoms with E-state index in [-0.39, 0.29) is 11.4 Å². The molecule has 108 valence electrons. The van der Waals surface area contributed by atoms with Gasteiger partial charge in [0.15, 0.2) is 0 Å². The third kappa shape index (κ3) is 3.83. The average molecular weight is 296 g/mol. The normalized spacial score (nSPS) is 11.7. The molecule has 0 fully saturated rings. The third-order valence-electron chi connectivity index (χ3n) is 2.66. The van der Waals surface area contributed by atoms with Gasteiger partial charge in [-0.05, 0) is 18.6 Å². The molecule has 2 aromatic heterocycles. The molecule has 2 rings (SSSR count). The average Bonchev–Trinajstić information content (AvgIpc) is 2.97. The first-order chi connectivity index (χ1) is 9.62. The molecule has 0 spiro atoms. The fourth-order valence-corrected chi connectivity index (χ4v) is 2.61. The van der Waals surface area contributed by atoms with Crippen molar-refractivity contribution in [3.05, 3.63) is 36.2 Å². The van der Waals surface area contributed by atoms with E-state index in [4.69, 9.17) is 5.73 Å². The van der Waals surface area contributed by atoms with Crippen LogP contribution in [0.15, 0.2) is 29.6 Å². The molecule has 4 N–H and O–H groups in total. The summed E-state index contributed by atoms with van der Waals surface area (Å²) in [6.07, 6.45) is 3.99. The maximum Gasteiger partial charge on any atom is 0.242 e. The van der Waals surface area contributed by atoms with Gasteiger partial charge in [0.05, 0.1) is 5.69 Å². The molecule has 9 heteroatoms. The number of aromatic amines is 1. The van der Waals surface area contributed by atoms with E-state index in [0.717, 1.165) is 5.82 Å². The first kappa shape index (κ1) is 14.6. The zero-order valence-electron chi connectivity index (χ0n) is 10.8. The van der Waals surface area contributed by atoms with Crippen molar-refractivity contribution < 1.29 is 8.42 Å². The second kappa shape index (κ2) is 6.55. The van der Waals surface area contributed by atoms with Crippen LogP contribution < -0.4 is 10.5 Å². The molecule has 0 amide bonds. The molecule has 8 nitrogen and oxygen atoms in total. The molecule has 0 unspecified atom stereocenters. The Morgan fingerprint density at radius 2 is 2.15 bits per heavy atom. The van der Waals surface area contributed by atoms with E-state index < -0.39 is 10.0 Å². The molecule has 2 aromatic rings.